The third-order valence-electron chi connectivity index (χ3n) is 2.03. The van der Waals surface area contributed by atoms with Crippen molar-refractivity contribution in [2.75, 3.05) is 0 Å². The van der Waals surface area contributed by atoms with Crippen LogP contribution in [-0.2, 0) is 12.4 Å². The van der Waals surface area contributed by atoms with Crippen LogP contribution in [0.3, 0.4) is 0 Å². The third kappa shape index (κ3) is 3.09. The van der Waals surface area contributed by atoms with Crippen LogP contribution in [0.4, 0.5) is 26.3 Å². The Hall–Kier alpha value is -1.94. The molecule has 0 atom stereocenters. The molecule has 0 spiro atoms. The van der Waals surface area contributed by atoms with E-state index in [9.17, 15) is 26.3 Å². The lowest BCUT2D eigenvalue weighted by Crippen LogP contribution is -2.20. The van der Waals surface area contributed by atoms with E-state index in [0.29, 0.717) is 12.1 Å². The van der Waals surface area contributed by atoms with E-state index in [2.05, 4.69) is 10.2 Å². The van der Waals surface area contributed by atoms with E-state index in [1.165, 1.54) is 0 Å². The quantitative estimate of drug-likeness (QED) is 0.623. The minimum absolute atomic E-state index is 0.699. The van der Waals surface area contributed by atoms with E-state index in [0.717, 1.165) is 29.1 Å². The van der Waals surface area contributed by atoms with Gasteiger partial charge in [-0.3, -0.25) is 0 Å². The summed E-state index contributed by atoms with van der Waals surface area (Å²) in [6, 6.07) is 1.40. The average molecular weight is 281 g/mol. The lowest BCUT2D eigenvalue weighted by atomic mass is 10.2. The molecule has 0 fully saturated rings. The lowest BCUT2D eigenvalue weighted by Gasteiger charge is -2.17. The molecule has 0 unspecified atom stereocenters. The lowest BCUT2D eigenvalue weighted by molar-refractivity contribution is -0.142. The van der Waals surface area contributed by atoms with Crippen LogP contribution in [0.1, 0.15) is 11.4 Å². The first-order valence-electron chi connectivity index (χ1n) is 4.76. The Bertz CT molecular complexity index is 518. The molecule has 0 aliphatic carbocycles. The molecule has 102 valence electrons. The fraction of sp³-hybridized carbons (Fsp3) is 0.250. The van der Waals surface area contributed by atoms with Gasteiger partial charge in [0.2, 0.25) is 0 Å². The van der Waals surface area contributed by atoms with Gasteiger partial charge in [0.25, 0.3) is 0 Å². The SMILES string of the molecule is FC(F)(F)c1ccn([B-]n2ccc(C(F)(F)F)n2)n1. The zero-order valence-corrected chi connectivity index (χ0v) is 8.94. The van der Waals surface area contributed by atoms with Crippen molar-refractivity contribution in [1.29, 1.82) is 0 Å². The summed E-state index contributed by atoms with van der Waals surface area (Å²) in [6.45, 7) is 0. The van der Waals surface area contributed by atoms with Crippen LogP contribution >= 0.6 is 0 Å². The first kappa shape index (κ1) is 13.5. The zero-order chi connectivity index (χ0) is 14.3. The Morgan fingerprint density at radius 3 is 1.42 bits per heavy atom. The number of hydrogen-bond donors (Lipinski definition) is 0. The highest BCUT2D eigenvalue weighted by Gasteiger charge is 2.33. The number of hydrogen-bond acceptors (Lipinski definition) is 2. The van der Waals surface area contributed by atoms with Crippen molar-refractivity contribution in [3.05, 3.63) is 35.9 Å². The van der Waals surface area contributed by atoms with Crippen molar-refractivity contribution in [2.24, 2.45) is 0 Å². The molecule has 0 N–H and O–H groups in total. The summed E-state index contributed by atoms with van der Waals surface area (Å²) in [5.74, 6) is 0. The van der Waals surface area contributed by atoms with Crippen LogP contribution < -0.4 is 0 Å². The van der Waals surface area contributed by atoms with Crippen LogP contribution in [0.5, 0.6) is 0 Å². The highest BCUT2D eigenvalue weighted by Crippen LogP contribution is 2.28. The van der Waals surface area contributed by atoms with Gasteiger partial charge in [-0.2, -0.15) is 26.3 Å². The summed E-state index contributed by atoms with van der Waals surface area (Å²) in [7, 11) is 0.879. The molecule has 19 heavy (non-hydrogen) atoms. The standard InChI is InChI=1S/C8H4BF6N4/c10-7(11,12)5-1-3-18(16-5)9-19-4-2-6(17-19)8(13,14)15/h1-4H/q-1. The van der Waals surface area contributed by atoms with Crippen molar-refractivity contribution in [2.45, 2.75) is 12.4 Å². The molecule has 2 radical (unpaired) electrons. The Morgan fingerprint density at radius 1 is 0.789 bits per heavy atom. The first-order chi connectivity index (χ1) is 8.66. The minimum Gasteiger partial charge on any atom is -0.488 e. The van der Waals surface area contributed by atoms with Crippen molar-refractivity contribution in [3.63, 3.8) is 0 Å². The summed E-state index contributed by atoms with van der Waals surface area (Å²) in [5.41, 5.74) is -2.29. The second kappa shape index (κ2) is 4.32. The summed E-state index contributed by atoms with van der Waals surface area (Å²) < 4.78 is 74.9. The number of halogens is 6. The van der Waals surface area contributed by atoms with E-state index >= 15 is 0 Å². The minimum atomic E-state index is -4.61. The second-order valence-corrected chi connectivity index (χ2v) is 3.47. The Kier molecular flexibility index (Phi) is 3.07. The molecule has 2 aromatic rings. The molecule has 2 heterocycles. The molecule has 0 aliphatic rings. The smallest absolute Gasteiger partial charge is 0.434 e. The molecular weight excluding hydrogens is 277 g/mol. The topological polar surface area (TPSA) is 35.6 Å². The second-order valence-electron chi connectivity index (χ2n) is 3.47. The monoisotopic (exact) mass is 281 g/mol. The van der Waals surface area contributed by atoms with Gasteiger partial charge in [-0.05, 0) is 32.1 Å². The molecule has 4 nitrogen and oxygen atoms in total. The average Bonchev–Trinajstić information content (AvgIpc) is 2.84. The summed E-state index contributed by atoms with van der Waals surface area (Å²) in [4.78, 5) is 0. The summed E-state index contributed by atoms with van der Waals surface area (Å²) in [6.07, 6.45) is -7.31. The van der Waals surface area contributed by atoms with Crippen LogP contribution in [-0.4, -0.2) is 26.9 Å². The molecule has 2 aromatic heterocycles. The van der Waals surface area contributed by atoms with Gasteiger partial charge < -0.3 is 9.19 Å². The molecular formula is C8H4BF6N4-. The maximum atomic E-state index is 12.2. The largest absolute Gasteiger partial charge is 0.488 e. The van der Waals surface area contributed by atoms with Crippen molar-refractivity contribution >= 4 is 7.55 Å². The Morgan fingerprint density at radius 2 is 1.16 bits per heavy atom. The van der Waals surface area contributed by atoms with E-state index < -0.39 is 23.7 Å². The number of rotatable bonds is 2. The third-order valence-corrected chi connectivity index (χ3v) is 2.03. The first-order valence-corrected chi connectivity index (χ1v) is 4.76. The van der Waals surface area contributed by atoms with Gasteiger partial charge in [-0.25, -0.2) is 10.2 Å². The van der Waals surface area contributed by atoms with Gasteiger partial charge in [0, 0.05) is 0 Å². The summed E-state index contributed by atoms with van der Waals surface area (Å²) >= 11 is 0. The highest BCUT2D eigenvalue weighted by atomic mass is 19.4. The van der Waals surface area contributed by atoms with E-state index in [1.807, 2.05) is 0 Å². The van der Waals surface area contributed by atoms with Crippen LogP contribution in [0.25, 0.3) is 0 Å². The molecule has 0 aromatic carbocycles. The van der Waals surface area contributed by atoms with E-state index in [1.54, 1.807) is 0 Å². The highest BCUT2D eigenvalue weighted by molar-refractivity contribution is 6.30. The van der Waals surface area contributed by atoms with Crippen molar-refractivity contribution in [1.82, 2.24) is 19.4 Å². The van der Waals surface area contributed by atoms with Gasteiger partial charge in [0.1, 0.15) is 0 Å². The maximum absolute atomic E-state index is 12.2. The fourth-order valence-electron chi connectivity index (χ4n) is 1.23. The van der Waals surface area contributed by atoms with Gasteiger partial charge in [-0.1, -0.05) is 0 Å². The van der Waals surface area contributed by atoms with Crippen molar-refractivity contribution in [3.8, 4) is 0 Å². The molecule has 0 saturated carbocycles. The molecule has 0 aliphatic heterocycles. The van der Waals surface area contributed by atoms with Gasteiger partial charge in [0.05, 0.1) is 0 Å². The normalized spacial score (nSPS) is 12.9. The van der Waals surface area contributed by atoms with Gasteiger partial charge in [-0.15, -0.1) is 0 Å². The van der Waals surface area contributed by atoms with Crippen molar-refractivity contribution < 1.29 is 26.3 Å². The molecule has 0 bridgehead atoms. The van der Waals surface area contributed by atoms with E-state index in [-0.39, 0.29) is 0 Å². The van der Waals surface area contributed by atoms with Crippen LogP contribution in [0.2, 0.25) is 0 Å². The number of aromatic nitrogens is 4. The molecule has 2 rings (SSSR count). The van der Waals surface area contributed by atoms with Gasteiger partial charge >= 0.3 is 12.4 Å². The predicted octanol–water partition coefficient (Wildman–Crippen LogP) is 2.05. The fourth-order valence-corrected chi connectivity index (χ4v) is 1.23. The Labute approximate surface area is 102 Å². The van der Waals surface area contributed by atoms with Crippen LogP contribution in [0, 0.1) is 0 Å². The zero-order valence-electron chi connectivity index (χ0n) is 8.94. The van der Waals surface area contributed by atoms with Crippen LogP contribution in [0.15, 0.2) is 24.5 Å². The number of nitrogens with zero attached hydrogens (tertiary/aromatic N) is 4. The molecule has 0 amide bonds. The maximum Gasteiger partial charge on any atom is 0.434 e. The molecule has 0 saturated heterocycles. The molecule has 11 heteroatoms. The number of alkyl halides is 6. The Balaban J connectivity index is 2.14. The van der Waals surface area contributed by atoms with Gasteiger partial charge in [0.15, 0.2) is 11.4 Å². The summed E-state index contributed by atoms with van der Waals surface area (Å²) in [5, 5.41) is 6.28. The van der Waals surface area contributed by atoms with E-state index in [4.69, 9.17) is 0 Å². The predicted molar refractivity (Wildman–Crippen MR) is 51.0 cm³/mol.